The van der Waals surface area contributed by atoms with E-state index in [-0.39, 0.29) is 11.5 Å². The molecule has 10 nitrogen and oxygen atoms in total. The molecule has 0 unspecified atom stereocenters. The van der Waals surface area contributed by atoms with Crippen LogP contribution in [-0.2, 0) is 14.2 Å². The first kappa shape index (κ1) is 25.3. The zero-order chi connectivity index (χ0) is 24.5. The van der Waals surface area contributed by atoms with E-state index in [1.54, 1.807) is 0 Å². The first-order valence-corrected chi connectivity index (χ1v) is 10.9. The second-order valence-electron chi connectivity index (χ2n) is 9.22. The van der Waals surface area contributed by atoms with E-state index in [4.69, 9.17) is 14.2 Å². The zero-order valence-electron chi connectivity index (χ0n) is 18.8. The standard InChI is InChI=1S/C23H32O10/c1-11-4-6-13(7-5-11)23(2,3)33-22-20(29)19(28)18(27)16(32-22)10-31-21(30)12-8-14(24)17(26)15(25)9-12/h4,8-9,13,16,18-20,22,24-29H,5-7,10H2,1-3H3/t13-,16-,18-,19+,20-,22+/m1/s1. The minimum absolute atomic E-state index is 0.159. The van der Waals surface area contributed by atoms with E-state index in [1.807, 2.05) is 13.8 Å². The molecular formula is C23H32O10. The number of ether oxygens (including phenoxy) is 3. The lowest BCUT2D eigenvalue weighted by Crippen LogP contribution is -2.61. The number of allylic oxidation sites excluding steroid dienone is 2. The molecule has 6 atom stereocenters. The van der Waals surface area contributed by atoms with Crippen LogP contribution in [0.3, 0.4) is 0 Å². The van der Waals surface area contributed by atoms with Gasteiger partial charge in [-0.3, -0.25) is 0 Å². The van der Waals surface area contributed by atoms with Crippen LogP contribution in [0.1, 0.15) is 50.4 Å². The molecule has 0 amide bonds. The fourth-order valence-corrected chi connectivity index (χ4v) is 4.11. The van der Waals surface area contributed by atoms with E-state index in [1.165, 1.54) is 5.57 Å². The molecule has 0 spiro atoms. The summed E-state index contributed by atoms with van der Waals surface area (Å²) in [5.41, 5.74) is 0.364. The molecule has 1 aliphatic carbocycles. The Morgan fingerprint density at radius 2 is 1.73 bits per heavy atom. The number of carbonyl (C=O) groups is 1. The van der Waals surface area contributed by atoms with Gasteiger partial charge in [0.25, 0.3) is 0 Å². The Balaban J connectivity index is 1.66. The highest BCUT2D eigenvalue weighted by molar-refractivity contribution is 5.91. The molecule has 184 valence electrons. The molecule has 2 aliphatic rings. The van der Waals surface area contributed by atoms with E-state index in [2.05, 4.69) is 13.0 Å². The number of phenols is 3. The lowest BCUT2D eigenvalue weighted by Gasteiger charge is -2.45. The van der Waals surface area contributed by atoms with Crippen LogP contribution in [0.15, 0.2) is 23.8 Å². The van der Waals surface area contributed by atoms with Crippen molar-refractivity contribution in [3.63, 3.8) is 0 Å². The topological polar surface area (TPSA) is 166 Å². The maximum Gasteiger partial charge on any atom is 0.338 e. The van der Waals surface area contributed by atoms with Crippen molar-refractivity contribution in [1.82, 2.24) is 0 Å². The third-order valence-electron chi connectivity index (χ3n) is 6.39. The van der Waals surface area contributed by atoms with E-state index in [9.17, 15) is 35.4 Å². The largest absolute Gasteiger partial charge is 0.504 e. The quantitative estimate of drug-likeness (QED) is 0.204. The third kappa shape index (κ3) is 5.59. The molecule has 33 heavy (non-hydrogen) atoms. The molecule has 1 aromatic carbocycles. The molecule has 1 aromatic rings. The summed E-state index contributed by atoms with van der Waals surface area (Å²) in [6, 6.07) is 1.81. The Hall–Kier alpha value is -2.37. The van der Waals surface area contributed by atoms with Gasteiger partial charge in [0.15, 0.2) is 23.5 Å². The van der Waals surface area contributed by atoms with Crippen LogP contribution in [-0.4, -0.2) is 79.5 Å². The minimum Gasteiger partial charge on any atom is -0.504 e. The average Bonchev–Trinajstić information content (AvgIpc) is 2.76. The highest BCUT2D eigenvalue weighted by Gasteiger charge is 2.47. The Morgan fingerprint density at radius 3 is 2.30 bits per heavy atom. The molecule has 10 heteroatoms. The maximum atomic E-state index is 12.3. The summed E-state index contributed by atoms with van der Waals surface area (Å²) in [5.74, 6) is -3.01. The number of hydrogen-bond acceptors (Lipinski definition) is 10. The van der Waals surface area contributed by atoms with Gasteiger partial charge in [-0.05, 0) is 58.1 Å². The molecule has 0 bridgehead atoms. The zero-order valence-corrected chi connectivity index (χ0v) is 18.8. The number of rotatable bonds is 6. The van der Waals surface area contributed by atoms with Crippen molar-refractivity contribution in [3.8, 4) is 17.2 Å². The number of benzene rings is 1. The number of hydrogen-bond donors (Lipinski definition) is 6. The average molecular weight is 468 g/mol. The fraction of sp³-hybridized carbons (Fsp3) is 0.609. The van der Waals surface area contributed by atoms with Crippen LogP contribution < -0.4 is 0 Å². The normalized spacial score (nSPS) is 30.5. The predicted molar refractivity (Wildman–Crippen MR) is 115 cm³/mol. The fourth-order valence-electron chi connectivity index (χ4n) is 4.11. The number of phenolic OH excluding ortho intramolecular Hbond substituents is 3. The molecule has 1 heterocycles. The van der Waals surface area contributed by atoms with Crippen molar-refractivity contribution >= 4 is 5.97 Å². The van der Waals surface area contributed by atoms with Crippen LogP contribution in [0.5, 0.6) is 17.2 Å². The van der Waals surface area contributed by atoms with Crippen molar-refractivity contribution in [2.24, 2.45) is 5.92 Å². The van der Waals surface area contributed by atoms with Crippen molar-refractivity contribution in [3.05, 3.63) is 29.3 Å². The van der Waals surface area contributed by atoms with Gasteiger partial charge in [0.05, 0.1) is 11.2 Å². The first-order valence-electron chi connectivity index (χ1n) is 10.9. The molecular weight excluding hydrogens is 436 g/mol. The molecule has 0 aromatic heterocycles. The molecule has 1 saturated heterocycles. The number of aliphatic hydroxyl groups is 3. The number of aromatic hydroxyl groups is 3. The molecule has 0 radical (unpaired) electrons. The van der Waals surface area contributed by atoms with Crippen LogP contribution in [0, 0.1) is 5.92 Å². The Bertz CT molecular complexity index is 872. The van der Waals surface area contributed by atoms with Gasteiger partial charge >= 0.3 is 5.97 Å². The van der Waals surface area contributed by atoms with Gasteiger partial charge < -0.3 is 44.8 Å². The van der Waals surface area contributed by atoms with Gasteiger partial charge in [-0.1, -0.05) is 11.6 Å². The van der Waals surface area contributed by atoms with E-state index >= 15 is 0 Å². The van der Waals surface area contributed by atoms with Crippen molar-refractivity contribution in [2.45, 2.75) is 76.3 Å². The molecule has 6 N–H and O–H groups in total. The van der Waals surface area contributed by atoms with E-state index < -0.39 is 66.1 Å². The van der Waals surface area contributed by atoms with Crippen LogP contribution in [0.2, 0.25) is 0 Å². The molecule has 1 fully saturated rings. The Kier molecular flexibility index (Phi) is 7.55. The van der Waals surface area contributed by atoms with Crippen LogP contribution >= 0.6 is 0 Å². The summed E-state index contributed by atoms with van der Waals surface area (Å²) in [6.07, 6.45) is -2.35. The highest BCUT2D eigenvalue weighted by Crippen LogP contribution is 2.37. The van der Waals surface area contributed by atoms with Crippen molar-refractivity contribution in [2.75, 3.05) is 6.61 Å². The number of esters is 1. The van der Waals surface area contributed by atoms with Crippen LogP contribution in [0.25, 0.3) is 0 Å². The van der Waals surface area contributed by atoms with Gasteiger partial charge in [0.1, 0.15) is 31.0 Å². The Morgan fingerprint density at radius 1 is 1.09 bits per heavy atom. The Labute approximate surface area is 191 Å². The maximum absolute atomic E-state index is 12.3. The minimum atomic E-state index is -1.60. The van der Waals surface area contributed by atoms with Crippen molar-refractivity contribution < 1.29 is 49.6 Å². The summed E-state index contributed by atoms with van der Waals surface area (Å²) >= 11 is 0. The highest BCUT2D eigenvalue weighted by atomic mass is 16.7. The monoisotopic (exact) mass is 468 g/mol. The predicted octanol–water partition coefficient (Wildman–Crippen LogP) is 1.31. The second-order valence-corrected chi connectivity index (χ2v) is 9.22. The number of carbonyl (C=O) groups excluding carboxylic acids is 1. The van der Waals surface area contributed by atoms with Gasteiger partial charge in [0.2, 0.25) is 0 Å². The van der Waals surface area contributed by atoms with Gasteiger partial charge in [-0.2, -0.15) is 0 Å². The molecule has 3 rings (SSSR count). The summed E-state index contributed by atoms with van der Waals surface area (Å²) in [7, 11) is 0. The van der Waals surface area contributed by atoms with E-state index in [0.717, 1.165) is 31.4 Å². The SMILES string of the molecule is CC1=CC[C@@H](C(C)(C)O[C@@H]2O[C@H](COC(=O)c3cc(O)c(O)c(O)c3)[C@@H](O)[C@H](O)[C@H]2O)CC1. The van der Waals surface area contributed by atoms with Crippen LogP contribution in [0.4, 0.5) is 0 Å². The lowest BCUT2D eigenvalue weighted by atomic mass is 9.79. The lowest BCUT2D eigenvalue weighted by molar-refractivity contribution is -0.328. The van der Waals surface area contributed by atoms with Gasteiger partial charge in [-0.25, -0.2) is 4.79 Å². The smallest absolute Gasteiger partial charge is 0.338 e. The van der Waals surface area contributed by atoms with Gasteiger partial charge in [-0.15, -0.1) is 0 Å². The summed E-state index contributed by atoms with van der Waals surface area (Å²) in [6.45, 7) is 5.32. The number of aliphatic hydroxyl groups excluding tert-OH is 3. The van der Waals surface area contributed by atoms with E-state index in [0.29, 0.717) is 0 Å². The summed E-state index contributed by atoms with van der Waals surface area (Å²) < 4.78 is 16.8. The molecule has 1 aliphatic heterocycles. The second kappa shape index (κ2) is 9.86. The molecule has 0 saturated carbocycles. The first-order chi connectivity index (χ1) is 15.4. The van der Waals surface area contributed by atoms with Crippen molar-refractivity contribution in [1.29, 1.82) is 0 Å². The summed E-state index contributed by atoms with van der Waals surface area (Å²) in [5, 5.41) is 59.5. The third-order valence-corrected chi connectivity index (χ3v) is 6.39. The summed E-state index contributed by atoms with van der Waals surface area (Å²) in [4.78, 5) is 12.3. The van der Waals surface area contributed by atoms with Gasteiger partial charge in [0, 0.05) is 0 Å².